The van der Waals surface area contributed by atoms with Crippen LogP contribution in [0.5, 0.6) is 0 Å². The highest BCUT2D eigenvalue weighted by molar-refractivity contribution is 7.80. The van der Waals surface area contributed by atoms with Crippen LogP contribution < -0.4 is 10.6 Å². The van der Waals surface area contributed by atoms with Gasteiger partial charge in [-0.2, -0.15) is 0 Å². The average Bonchev–Trinajstić information content (AvgIpc) is 2.68. The van der Waals surface area contributed by atoms with Gasteiger partial charge < -0.3 is 20.3 Å². The number of piperazine rings is 1. The van der Waals surface area contributed by atoms with Crippen LogP contribution >= 0.6 is 12.2 Å². The summed E-state index contributed by atoms with van der Waals surface area (Å²) in [6.45, 7) is 7.04. The number of ether oxygens (including phenoxy) is 1. The van der Waals surface area contributed by atoms with Crippen LogP contribution in [-0.2, 0) is 16.0 Å². The van der Waals surface area contributed by atoms with Crippen LogP contribution in [0, 0.1) is 0 Å². The molecular weight excluding hydrogens is 360 g/mol. The van der Waals surface area contributed by atoms with Crippen LogP contribution in [0.1, 0.15) is 25.3 Å². The van der Waals surface area contributed by atoms with Crippen LogP contribution in [0.15, 0.2) is 24.3 Å². The van der Waals surface area contributed by atoms with E-state index in [-0.39, 0.29) is 5.91 Å². The van der Waals surface area contributed by atoms with Crippen molar-refractivity contribution < 1.29 is 9.53 Å². The summed E-state index contributed by atoms with van der Waals surface area (Å²) >= 11 is 5.56. The molecule has 27 heavy (non-hydrogen) atoms. The lowest BCUT2D eigenvalue weighted by Crippen LogP contribution is -2.52. The zero-order valence-electron chi connectivity index (χ0n) is 16.5. The van der Waals surface area contributed by atoms with Gasteiger partial charge in [0.2, 0.25) is 5.91 Å². The topological polar surface area (TPSA) is 56.8 Å². The highest BCUT2D eigenvalue weighted by Gasteiger charge is 2.20. The number of thiocarbonyl (C=S) groups is 1. The van der Waals surface area contributed by atoms with Crippen molar-refractivity contribution in [3.05, 3.63) is 29.8 Å². The van der Waals surface area contributed by atoms with Crippen molar-refractivity contribution in [2.45, 2.75) is 26.2 Å². The number of hydrogen-bond acceptors (Lipinski definition) is 4. The summed E-state index contributed by atoms with van der Waals surface area (Å²) in [5, 5.41) is 6.94. The number of hydrogen-bond donors (Lipinski definition) is 2. The first-order valence-corrected chi connectivity index (χ1v) is 10.2. The van der Waals surface area contributed by atoms with E-state index in [0.717, 1.165) is 43.4 Å². The number of benzene rings is 1. The van der Waals surface area contributed by atoms with E-state index in [9.17, 15) is 4.79 Å². The number of rotatable bonds is 9. The second-order valence-electron chi connectivity index (χ2n) is 6.84. The minimum atomic E-state index is 0.0457. The van der Waals surface area contributed by atoms with E-state index in [0.29, 0.717) is 19.7 Å². The fraction of sp³-hybridized carbons (Fsp3) is 0.600. The van der Waals surface area contributed by atoms with E-state index in [4.69, 9.17) is 17.0 Å². The van der Waals surface area contributed by atoms with Gasteiger partial charge in [-0.05, 0) is 42.8 Å². The maximum absolute atomic E-state index is 11.9. The molecule has 1 fully saturated rings. The largest absolute Gasteiger partial charge is 0.383 e. The molecule has 1 aromatic carbocycles. The van der Waals surface area contributed by atoms with Crippen LogP contribution in [-0.4, -0.2) is 73.8 Å². The first kappa shape index (κ1) is 21.6. The second-order valence-corrected chi connectivity index (χ2v) is 7.22. The quantitative estimate of drug-likeness (QED) is 0.496. The summed E-state index contributed by atoms with van der Waals surface area (Å²) in [5.74, 6) is 0.0457. The molecule has 7 heteroatoms. The van der Waals surface area contributed by atoms with Gasteiger partial charge in [0, 0.05) is 45.5 Å². The molecule has 1 aromatic rings. The Hall–Kier alpha value is -1.70. The zero-order chi connectivity index (χ0) is 19.5. The molecule has 0 bridgehead atoms. The molecule has 0 saturated carbocycles. The average molecular weight is 393 g/mol. The van der Waals surface area contributed by atoms with Gasteiger partial charge in [-0.25, -0.2) is 0 Å². The minimum Gasteiger partial charge on any atom is -0.383 e. The summed E-state index contributed by atoms with van der Waals surface area (Å²) in [6, 6.07) is 8.53. The molecule has 0 unspecified atom stereocenters. The third kappa shape index (κ3) is 7.82. The molecule has 1 saturated heterocycles. The van der Waals surface area contributed by atoms with Gasteiger partial charge in [0.05, 0.1) is 13.2 Å². The number of methoxy groups -OCH3 is 1. The van der Waals surface area contributed by atoms with Crippen molar-refractivity contribution in [1.29, 1.82) is 0 Å². The van der Waals surface area contributed by atoms with Crippen LogP contribution in [0.2, 0.25) is 0 Å². The van der Waals surface area contributed by atoms with E-state index in [1.165, 1.54) is 18.4 Å². The molecule has 1 amide bonds. The Morgan fingerprint density at radius 3 is 2.52 bits per heavy atom. The number of carbonyl (C=O) groups is 1. The fourth-order valence-corrected chi connectivity index (χ4v) is 3.30. The fourth-order valence-electron chi connectivity index (χ4n) is 3.00. The maximum Gasteiger partial charge on any atom is 0.234 e. The zero-order valence-corrected chi connectivity index (χ0v) is 17.3. The summed E-state index contributed by atoms with van der Waals surface area (Å²) < 4.78 is 4.94. The number of anilines is 1. The molecule has 2 rings (SSSR count). The summed E-state index contributed by atoms with van der Waals surface area (Å²) in [4.78, 5) is 16.2. The van der Waals surface area contributed by atoms with Gasteiger partial charge in [-0.1, -0.05) is 25.5 Å². The number of unbranched alkanes of at least 4 members (excludes halogenated alkanes) is 1. The highest BCUT2D eigenvalue weighted by atomic mass is 32.1. The molecule has 0 spiro atoms. The lowest BCUT2D eigenvalue weighted by molar-refractivity contribution is -0.122. The van der Waals surface area contributed by atoms with Crippen LogP contribution in [0.25, 0.3) is 0 Å². The van der Waals surface area contributed by atoms with E-state index in [1.807, 2.05) is 0 Å². The number of nitrogens with zero attached hydrogens (tertiary/aromatic N) is 2. The van der Waals surface area contributed by atoms with Gasteiger partial charge in [0.25, 0.3) is 0 Å². The van der Waals surface area contributed by atoms with Gasteiger partial charge >= 0.3 is 0 Å². The van der Waals surface area contributed by atoms with Crippen molar-refractivity contribution in [3.63, 3.8) is 0 Å². The lowest BCUT2D eigenvalue weighted by atomic mass is 10.1. The third-order valence-electron chi connectivity index (χ3n) is 4.68. The highest BCUT2D eigenvalue weighted by Crippen LogP contribution is 2.13. The van der Waals surface area contributed by atoms with Crippen molar-refractivity contribution >= 4 is 28.9 Å². The molecule has 2 N–H and O–H groups in total. The molecule has 0 aromatic heterocycles. The molecular formula is C20H32N4O2S. The number of carbonyl (C=O) groups excluding carboxylic acids is 1. The molecule has 150 valence electrons. The summed E-state index contributed by atoms with van der Waals surface area (Å²) in [7, 11) is 1.63. The van der Waals surface area contributed by atoms with E-state index in [1.54, 1.807) is 7.11 Å². The molecule has 1 aliphatic heterocycles. The maximum atomic E-state index is 11.9. The molecule has 1 aliphatic rings. The molecule has 6 nitrogen and oxygen atoms in total. The van der Waals surface area contributed by atoms with E-state index in [2.05, 4.69) is 51.6 Å². The van der Waals surface area contributed by atoms with Gasteiger partial charge in [-0.3, -0.25) is 9.69 Å². The molecule has 0 atom stereocenters. The Bertz CT molecular complexity index is 586. The Kier molecular flexibility index (Phi) is 9.52. The number of amides is 1. The normalized spacial score (nSPS) is 14.8. The predicted molar refractivity (Wildman–Crippen MR) is 114 cm³/mol. The Labute approximate surface area is 168 Å². The minimum absolute atomic E-state index is 0.0457. The van der Waals surface area contributed by atoms with Crippen LogP contribution in [0.4, 0.5) is 5.69 Å². The smallest absolute Gasteiger partial charge is 0.234 e. The molecule has 1 heterocycles. The number of nitrogens with one attached hydrogen (secondary N) is 2. The van der Waals surface area contributed by atoms with Gasteiger partial charge in [0.15, 0.2) is 5.11 Å². The van der Waals surface area contributed by atoms with Crippen molar-refractivity contribution in [2.75, 3.05) is 58.3 Å². The Morgan fingerprint density at radius 1 is 1.19 bits per heavy atom. The Balaban J connectivity index is 1.70. The van der Waals surface area contributed by atoms with Crippen molar-refractivity contribution in [3.8, 4) is 0 Å². The monoisotopic (exact) mass is 392 g/mol. The van der Waals surface area contributed by atoms with Gasteiger partial charge in [0.1, 0.15) is 0 Å². The first-order valence-electron chi connectivity index (χ1n) is 9.75. The van der Waals surface area contributed by atoms with Crippen LogP contribution in [0.3, 0.4) is 0 Å². The molecule has 0 aliphatic carbocycles. The summed E-state index contributed by atoms with van der Waals surface area (Å²) in [6.07, 6.45) is 3.56. The van der Waals surface area contributed by atoms with E-state index >= 15 is 0 Å². The molecule has 0 radical (unpaired) electrons. The van der Waals surface area contributed by atoms with Gasteiger partial charge in [-0.15, -0.1) is 0 Å². The van der Waals surface area contributed by atoms with E-state index < -0.39 is 0 Å². The first-order chi connectivity index (χ1) is 13.1. The second kappa shape index (κ2) is 11.9. The number of aryl methyl sites for hydroxylation is 1. The lowest BCUT2D eigenvalue weighted by Gasteiger charge is -2.35. The van der Waals surface area contributed by atoms with Crippen molar-refractivity contribution in [1.82, 2.24) is 15.1 Å². The SMILES string of the molecule is CCCCc1ccc(NC(=S)N2CCN(CC(=O)NCCOC)CC2)cc1. The third-order valence-corrected chi connectivity index (χ3v) is 5.04. The standard InChI is InChI=1S/C20H32N4O2S/c1-3-4-5-17-6-8-18(9-7-17)22-20(27)24-13-11-23(12-14-24)16-19(25)21-10-15-26-2/h6-9H,3-5,10-16H2,1-2H3,(H,21,25)(H,22,27). The Morgan fingerprint density at radius 2 is 1.89 bits per heavy atom. The predicted octanol–water partition coefficient (Wildman–Crippen LogP) is 2.11. The van der Waals surface area contributed by atoms with Crippen molar-refractivity contribution in [2.24, 2.45) is 0 Å². The summed E-state index contributed by atoms with van der Waals surface area (Å²) in [5.41, 5.74) is 2.39.